The molecule has 0 aliphatic carbocycles. The molecule has 0 spiro atoms. The molecule has 0 radical (unpaired) electrons. The number of carbonyl (C=O) groups is 1. The molecule has 1 atom stereocenters. The molecule has 3 nitrogen and oxygen atoms in total. The van der Waals surface area contributed by atoms with E-state index in [1.54, 1.807) is 0 Å². The second-order valence-corrected chi connectivity index (χ2v) is 16.9. The molecule has 144 valence electrons. The molecule has 1 heterocycles. The first-order valence-electron chi connectivity index (χ1n) is 10.2. The summed E-state index contributed by atoms with van der Waals surface area (Å²) in [6, 6.07) is 19.5. The average Bonchev–Trinajstić information content (AvgIpc) is 3.13. The number of rotatable bonds is 9. The first-order chi connectivity index (χ1) is 13.2. The Morgan fingerprint density at radius 2 is 1.48 bits per heavy atom. The van der Waals surface area contributed by atoms with E-state index in [9.17, 15) is 4.79 Å². The summed E-state index contributed by atoms with van der Waals surface area (Å²) in [4.78, 5) is 13.6. The second-order valence-electron chi connectivity index (χ2n) is 7.40. The van der Waals surface area contributed by atoms with Crippen molar-refractivity contribution in [3.05, 3.63) is 71.8 Å². The number of unbranched alkanes of at least 4 members (excludes halogenated alkanes) is 2. The molecular formula is C23H30O3Sn. The number of carbonyl (C=O) groups excluding carboxylic acids is 1. The van der Waals surface area contributed by atoms with Gasteiger partial charge in [-0.05, 0) is 0 Å². The van der Waals surface area contributed by atoms with E-state index in [-0.39, 0.29) is 5.78 Å². The molecule has 3 rings (SSSR count). The zero-order valence-corrected chi connectivity index (χ0v) is 19.3. The Labute approximate surface area is 168 Å². The Hall–Kier alpha value is -1.17. The molecule has 0 amide bonds. The maximum absolute atomic E-state index is 13.6. The van der Waals surface area contributed by atoms with Gasteiger partial charge in [0.2, 0.25) is 0 Å². The van der Waals surface area contributed by atoms with Crippen molar-refractivity contribution in [2.24, 2.45) is 0 Å². The monoisotopic (exact) mass is 474 g/mol. The van der Waals surface area contributed by atoms with Crippen LogP contribution in [0, 0.1) is 0 Å². The van der Waals surface area contributed by atoms with Crippen molar-refractivity contribution < 1.29 is 10.9 Å². The molecule has 0 saturated carbocycles. The summed E-state index contributed by atoms with van der Waals surface area (Å²) in [5.74, 6) is 0.0286. The molecule has 1 aliphatic rings. The van der Waals surface area contributed by atoms with Crippen LogP contribution in [0.3, 0.4) is 0 Å². The summed E-state index contributed by atoms with van der Waals surface area (Å²) in [6.07, 6.45) is 4.49. The predicted octanol–water partition coefficient (Wildman–Crippen LogP) is 5.85. The molecule has 2 aromatic rings. The van der Waals surface area contributed by atoms with Gasteiger partial charge in [0.1, 0.15) is 0 Å². The Morgan fingerprint density at radius 3 is 2.04 bits per heavy atom. The van der Waals surface area contributed by atoms with Crippen LogP contribution in [0.4, 0.5) is 0 Å². The fourth-order valence-electron chi connectivity index (χ4n) is 3.79. The summed E-state index contributed by atoms with van der Waals surface area (Å²) in [5, 5.41) is 0. The molecule has 1 aliphatic heterocycles. The van der Waals surface area contributed by atoms with Crippen molar-refractivity contribution in [1.29, 1.82) is 0 Å². The van der Waals surface area contributed by atoms with Gasteiger partial charge in [-0.3, -0.25) is 0 Å². The molecule has 1 unspecified atom stereocenters. The Bertz CT molecular complexity index is 724. The summed E-state index contributed by atoms with van der Waals surface area (Å²) in [7, 11) is 0. The number of hydrogen-bond donors (Lipinski definition) is 0. The molecule has 1 saturated heterocycles. The quantitative estimate of drug-likeness (QED) is 0.339. The zero-order chi connectivity index (χ0) is 19.2. The summed E-state index contributed by atoms with van der Waals surface area (Å²) >= 11 is -3.30. The molecule has 0 aromatic heterocycles. The molecule has 27 heavy (non-hydrogen) atoms. The second kappa shape index (κ2) is 9.35. The van der Waals surface area contributed by atoms with Crippen molar-refractivity contribution in [2.75, 3.05) is 6.61 Å². The minimum atomic E-state index is -3.30. The summed E-state index contributed by atoms with van der Waals surface area (Å²) in [6.45, 7) is 4.76. The van der Waals surface area contributed by atoms with Gasteiger partial charge >= 0.3 is 168 Å². The minimum absolute atomic E-state index is 0.0286. The van der Waals surface area contributed by atoms with Crippen LogP contribution < -0.4 is 0 Å². The van der Waals surface area contributed by atoms with Gasteiger partial charge in [-0.1, -0.05) is 0 Å². The van der Waals surface area contributed by atoms with E-state index < -0.39 is 24.8 Å². The van der Waals surface area contributed by atoms with E-state index in [0.717, 1.165) is 40.1 Å². The maximum atomic E-state index is 13.6. The van der Waals surface area contributed by atoms with Gasteiger partial charge in [0.25, 0.3) is 0 Å². The third kappa shape index (κ3) is 4.47. The van der Waals surface area contributed by atoms with Gasteiger partial charge in [0.05, 0.1) is 0 Å². The Kier molecular flexibility index (Phi) is 7.12. The van der Waals surface area contributed by atoms with E-state index in [0.29, 0.717) is 12.2 Å². The van der Waals surface area contributed by atoms with Crippen LogP contribution in [0.1, 0.15) is 55.5 Å². The molecule has 1 fully saturated rings. The summed E-state index contributed by atoms with van der Waals surface area (Å²) in [5.41, 5.74) is 0.628. The van der Waals surface area contributed by atoms with E-state index in [4.69, 9.17) is 6.15 Å². The fraction of sp³-hybridized carbons (Fsp3) is 0.435. The molecular weight excluding hydrogens is 443 g/mol. The third-order valence-corrected chi connectivity index (χ3v) is 15.7. The first-order valence-corrected chi connectivity index (χ1v) is 16.5. The topological polar surface area (TPSA) is 35.5 Å². The van der Waals surface area contributed by atoms with Crippen LogP contribution in [-0.2, 0) is 11.7 Å². The van der Waals surface area contributed by atoms with Crippen molar-refractivity contribution in [3.63, 3.8) is 0 Å². The van der Waals surface area contributed by atoms with Crippen molar-refractivity contribution in [2.45, 2.75) is 54.0 Å². The van der Waals surface area contributed by atoms with Crippen LogP contribution in [-0.4, -0.2) is 31.6 Å². The number of hydrogen-bond acceptors (Lipinski definition) is 3. The first kappa shape index (κ1) is 20.6. The molecule has 4 heteroatoms. The van der Waals surface area contributed by atoms with Crippen LogP contribution in [0.25, 0.3) is 0 Å². The number of benzene rings is 2. The number of ketones is 1. The molecule has 0 bridgehead atoms. The SMILES string of the molecule is CCC[CH2][Sn]1([CH2]CCC)[O]CC(C(=O)c2ccccc2)(c2ccccc2)[O]1. The zero-order valence-electron chi connectivity index (χ0n) is 16.4. The normalized spacial score (nSPS) is 21.3. The van der Waals surface area contributed by atoms with E-state index in [1.807, 2.05) is 60.7 Å². The van der Waals surface area contributed by atoms with Crippen LogP contribution >= 0.6 is 0 Å². The van der Waals surface area contributed by atoms with E-state index >= 15 is 0 Å². The Balaban J connectivity index is 2.00. The standard InChI is InChI=1S/C15H12O3.2C4H9.Sn/c16-11-15(18,13-9-5-2-6-10-13)14(17)12-7-3-1-4-8-12;2*1-3-4-2;/h1-10H,11H2;2*1,3-4H2,2H3;/q-2;;;+2. The molecule has 0 N–H and O–H groups in total. The van der Waals surface area contributed by atoms with Crippen LogP contribution in [0.5, 0.6) is 0 Å². The van der Waals surface area contributed by atoms with Gasteiger partial charge in [0.15, 0.2) is 0 Å². The predicted molar refractivity (Wildman–Crippen MR) is 111 cm³/mol. The van der Waals surface area contributed by atoms with Gasteiger partial charge in [-0.25, -0.2) is 0 Å². The van der Waals surface area contributed by atoms with Crippen LogP contribution in [0.2, 0.25) is 8.87 Å². The van der Waals surface area contributed by atoms with Crippen molar-refractivity contribution in [1.82, 2.24) is 0 Å². The van der Waals surface area contributed by atoms with Crippen molar-refractivity contribution in [3.8, 4) is 0 Å². The average molecular weight is 473 g/mol. The van der Waals surface area contributed by atoms with Crippen molar-refractivity contribution >= 4 is 25.0 Å². The van der Waals surface area contributed by atoms with Crippen LogP contribution in [0.15, 0.2) is 60.7 Å². The van der Waals surface area contributed by atoms with E-state index in [1.165, 1.54) is 0 Å². The van der Waals surface area contributed by atoms with Gasteiger partial charge in [0, 0.05) is 0 Å². The fourth-order valence-corrected chi connectivity index (χ4v) is 15.1. The number of Topliss-reactive ketones (excluding diaryl/α,β-unsaturated/α-hetero) is 1. The van der Waals surface area contributed by atoms with Gasteiger partial charge in [-0.2, -0.15) is 0 Å². The van der Waals surface area contributed by atoms with Gasteiger partial charge in [-0.15, -0.1) is 0 Å². The molecule has 2 aromatic carbocycles. The summed E-state index contributed by atoms with van der Waals surface area (Å²) < 4.78 is 15.5. The van der Waals surface area contributed by atoms with E-state index in [2.05, 4.69) is 13.8 Å². The van der Waals surface area contributed by atoms with Gasteiger partial charge < -0.3 is 0 Å². The Morgan fingerprint density at radius 1 is 0.926 bits per heavy atom. The third-order valence-electron chi connectivity index (χ3n) is 5.36.